The molecule has 0 fully saturated rings. The largest absolute Gasteiger partial charge is 0.491 e. The van der Waals surface area contributed by atoms with E-state index in [9.17, 15) is 9.18 Å². The number of amides is 1. The highest BCUT2D eigenvalue weighted by atomic mass is 35.5. The van der Waals surface area contributed by atoms with Gasteiger partial charge < -0.3 is 10.5 Å². The Labute approximate surface area is 129 Å². The molecule has 5 heteroatoms. The van der Waals surface area contributed by atoms with Gasteiger partial charge in [-0.2, -0.15) is 0 Å². The zero-order valence-corrected chi connectivity index (χ0v) is 13.2. The van der Waals surface area contributed by atoms with Crippen molar-refractivity contribution in [3.8, 4) is 5.75 Å². The van der Waals surface area contributed by atoms with Gasteiger partial charge in [-0.15, -0.1) is 6.58 Å². The normalized spacial score (nSPS) is 11.2. The van der Waals surface area contributed by atoms with Crippen molar-refractivity contribution in [3.05, 3.63) is 41.2 Å². The Balaban J connectivity index is 2.95. The molecule has 0 heterocycles. The summed E-state index contributed by atoms with van der Waals surface area (Å²) in [5, 5.41) is 0.171. The SMILES string of the molecule is C=CCC(CC)(CC)COc1cc(F)c(C(N)=O)cc1Cl. The van der Waals surface area contributed by atoms with Crippen molar-refractivity contribution in [1.29, 1.82) is 0 Å². The number of nitrogens with two attached hydrogens (primary N) is 1. The summed E-state index contributed by atoms with van der Waals surface area (Å²) >= 11 is 6.02. The standard InChI is InChI=1S/C16H21ClFNO2/c1-4-7-16(5-2,6-3)10-21-14-9-13(18)11(15(19)20)8-12(14)17/h4,8-9H,1,5-7,10H2,2-3H3,(H2,19,20). The van der Waals surface area contributed by atoms with Gasteiger partial charge in [-0.25, -0.2) is 4.39 Å². The molecule has 0 radical (unpaired) electrons. The number of rotatable bonds is 8. The van der Waals surface area contributed by atoms with Crippen LogP contribution in [0.3, 0.4) is 0 Å². The van der Waals surface area contributed by atoms with Crippen molar-refractivity contribution >= 4 is 17.5 Å². The van der Waals surface area contributed by atoms with Gasteiger partial charge in [-0.3, -0.25) is 4.79 Å². The minimum Gasteiger partial charge on any atom is -0.491 e. The van der Waals surface area contributed by atoms with Crippen LogP contribution in [-0.4, -0.2) is 12.5 Å². The molecular weight excluding hydrogens is 293 g/mol. The van der Waals surface area contributed by atoms with Crippen LogP contribution < -0.4 is 10.5 Å². The molecule has 1 amide bonds. The first-order chi connectivity index (χ1) is 9.89. The fraction of sp³-hybridized carbons (Fsp3) is 0.438. The van der Waals surface area contributed by atoms with E-state index in [0.29, 0.717) is 6.61 Å². The molecule has 0 atom stereocenters. The van der Waals surface area contributed by atoms with E-state index in [1.807, 2.05) is 6.08 Å². The molecule has 0 saturated carbocycles. The predicted octanol–water partition coefficient (Wildman–Crippen LogP) is 4.34. The Morgan fingerprint density at radius 3 is 2.57 bits per heavy atom. The van der Waals surface area contributed by atoms with Crippen LogP contribution in [0, 0.1) is 11.2 Å². The Kier molecular flexibility index (Phi) is 6.21. The first-order valence-corrected chi connectivity index (χ1v) is 7.29. The summed E-state index contributed by atoms with van der Waals surface area (Å²) in [6, 6.07) is 2.30. The van der Waals surface area contributed by atoms with Crippen LogP contribution in [0.2, 0.25) is 5.02 Å². The second-order valence-corrected chi connectivity index (χ2v) is 5.52. The van der Waals surface area contributed by atoms with Gasteiger partial charge in [0.1, 0.15) is 11.6 Å². The molecule has 0 spiro atoms. The molecule has 0 aromatic heterocycles. The van der Waals surface area contributed by atoms with Crippen LogP contribution >= 0.6 is 11.6 Å². The third-order valence-corrected chi connectivity index (χ3v) is 4.19. The number of carbonyl (C=O) groups is 1. The maximum atomic E-state index is 13.8. The van der Waals surface area contributed by atoms with E-state index in [2.05, 4.69) is 20.4 Å². The monoisotopic (exact) mass is 313 g/mol. The highest BCUT2D eigenvalue weighted by Gasteiger charge is 2.26. The Morgan fingerprint density at radius 2 is 2.10 bits per heavy atom. The van der Waals surface area contributed by atoms with Gasteiger partial charge in [-0.05, 0) is 25.3 Å². The molecule has 2 N–H and O–H groups in total. The van der Waals surface area contributed by atoms with E-state index in [-0.39, 0.29) is 21.8 Å². The fourth-order valence-electron chi connectivity index (χ4n) is 2.17. The number of allylic oxidation sites excluding steroid dienone is 1. The minimum atomic E-state index is -0.857. The van der Waals surface area contributed by atoms with E-state index in [1.54, 1.807) is 0 Å². The maximum absolute atomic E-state index is 13.8. The summed E-state index contributed by atoms with van der Waals surface area (Å²) in [4.78, 5) is 11.1. The van der Waals surface area contributed by atoms with Gasteiger partial charge in [0.2, 0.25) is 0 Å². The summed E-state index contributed by atoms with van der Waals surface area (Å²) < 4.78 is 19.4. The predicted molar refractivity (Wildman–Crippen MR) is 83.3 cm³/mol. The van der Waals surface area contributed by atoms with Crippen molar-refractivity contribution in [2.75, 3.05) is 6.61 Å². The van der Waals surface area contributed by atoms with Crippen molar-refractivity contribution < 1.29 is 13.9 Å². The molecule has 1 rings (SSSR count). The molecule has 116 valence electrons. The molecule has 0 bridgehead atoms. The molecule has 0 aliphatic rings. The summed E-state index contributed by atoms with van der Waals surface area (Å²) in [6.45, 7) is 8.33. The molecule has 3 nitrogen and oxygen atoms in total. The average Bonchev–Trinajstić information content (AvgIpc) is 2.46. The topological polar surface area (TPSA) is 52.3 Å². The second kappa shape index (κ2) is 7.46. The van der Waals surface area contributed by atoms with Crippen LogP contribution in [-0.2, 0) is 0 Å². The van der Waals surface area contributed by atoms with Crippen molar-refractivity contribution in [2.24, 2.45) is 11.1 Å². The summed E-state index contributed by atoms with van der Waals surface area (Å²) in [5.41, 5.74) is 4.78. The smallest absolute Gasteiger partial charge is 0.251 e. The van der Waals surface area contributed by atoms with Crippen LogP contribution in [0.4, 0.5) is 4.39 Å². The molecule has 1 aromatic rings. The fourth-order valence-corrected chi connectivity index (χ4v) is 2.38. The minimum absolute atomic E-state index is 0.0517. The van der Waals surface area contributed by atoms with Crippen molar-refractivity contribution in [1.82, 2.24) is 0 Å². The third-order valence-electron chi connectivity index (χ3n) is 3.90. The zero-order valence-electron chi connectivity index (χ0n) is 12.4. The number of benzene rings is 1. The van der Waals surface area contributed by atoms with E-state index in [4.69, 9.17) is 22.1 Å². The maximum Gasteiger partial charge on any atom is 0.251 e. The number of ether oxygens (including phenoxy) is 1. The molecule has 1 aromatic carbocycles. The Bertz CT molecular complexity index is 527. The van der Waals surface area contributed by atoms with Gasteiger partial charge >= 0.3 is 0 Å². The van der Waals surface area contributed by atoms with Gasteiger partial charge in [0, 0.05) is 11.5 Å². The number of hydrogen-bond donors (Lipinski definition) is 1. The van der Waals surface area contributed by atoms with Crippen LogP contribution in [0.1, 0.15) is 43.5 Å². The second-order valence-electron chi connectivity index (χ2n) is 5.12. The van der Waals surface area contributed by atoms with E-state index >= 15 is 0 Å². The van der Waals surface area contributed by atoms with E-state index in [0.717, 1.165) is 25.3 Å². The lowest BCUT2D eigenvalue weighted by atomic mass is 9.80. The van der Waals surface area contributed by atoms with Gasteiger partial charge in [0.25, 0.3) is 5.91 Å². The summed E-state index contributed by atoms with van der Waals surface area (Å²) in [7, 11) is 0. The third kappa shape index (κ3) is 4.21. The van der Waals surface area contributed by atoms with Crippen LogP contribution in [0.25, 0.3) is 0 Å². The molecule has 0 unspecified atom stereocenters. The van der Waals surface area contributed by atoms with Crippen molar-refractivity contribution in [2.45, 2.75) is 33.1 Å². The van der Waals surface area contributed by atoms with Gasteiger partial charge in [-0.1, -0.05) is 31.5 Å². The zero-order chi connectivity index (χ0) is 16.0. The molecule has 0 aliphatic carbocycles. The average molecular weight is 314 g/mol. The Morgan fingerprint density at radius 1 is 1.48 bits per heavy atom. The quantitative estimate of drug-likeness (QED) is 0.726. The van der Waals surface area contributed by atoms with Crippen LogP contribution in [0.15, 0.2) is 24.8 Å². The lowest BCUT2D eigenvalue weighted by molar-refractivity contribution is 0.0996. The Hall–Kier alpha value is -1.55. The highest BCUT2D eigenvalue weighted by Crippen LogP contribution is 2.34. The number of halogens is 2. The molecule has 0 aliphatic heterocycles. The van der Waals surface area contributed by atoms with Gasteiger partial charge in [0.15, 0.2) is 0 Å². The molecule has 0 saturated heterocycles. The van der Waals surface area contributed by atoms with Gasteiger partial charge in [0.05, 0.1) is 17.2 Å². The van der Waals surface area contributed by atoms with E-state index in [1.165, 1.54) is 6.07 Å². The number of primary amides is 1. The first-order valence-electron chi connectivity index (χ1n) is 6.91. The number of carbonyl (C=O) groups excluding carboxylic acids is 1. The summed E-state index contributed by atoms with van der Waals surface area (Å²) in [5.74, 6) is -1.37. The number of hydrogen-bond acceptors (Lipinski definition) is 2. The molecular formula is C16H21ClFNO2. The highest BCUT2D eigenvalue weighted by molar-refractivity contribution is 6.32. The van der Waals surface area contributed by atoms with E-state index < -0.39 is 11.7 Å². The van der Waals surface area contributed by atoms with Crippen molar-refractivity contribution in [3.63, 3.8) is 0 Å². The van der Waals surface area contributed by atoms with Crippen LogP contribution in [0.5, 0.6) is 5.75 Å². The lowest BCUT2D eigenvalue weighted by Crippen LogP contribution is -2.27. The molecule has 21 heavy (non-hydrogen) atoms. The summed E-state index contributed by atoms with van der Waals surface area (Å²) in [6.07, 6.45) is 4.48. The first kappa shape index (κ1) is 17.5. The lowest BCUT2D eigenvalue weighted by Gasteiger charge is -2.30.